The van der Waals surface area contributed by atoms with Crippen molar-refractivity contribution in [3.05, 3.63) is 60.4 Å². The number of likely N-dealkylation sites (tertiary alicyclic amines) is 1. The molecule has 3 aromatic rings. The molecule has 5 nitrogen and oxygen atoms in total. The lowest BCUT2D eigenvalue weighted by Crippen LogP contribution is -2.35. The lowest BCUT2D eigenvalue weighted by molar-refractivity contribution is 0.184. The molecule has 0 bridgehead atoms. The third-order valence-electron chi connectivity index (χ3n) is 6.17. The van der Waals surface area contributed by atoms with Gasteiger partial charge in [-0.05, 0) is 55.5 Å². The molecule has 154 valence electrons. The van der Waals surface area contributed by atoms with Crippen LogP contribution in [0, 0.1) is 0 Å². The van der Waals surface area contributed by atoms with Crippen LogP contribution >= 0.6 is 0 Å². The predicted molar refractivity (Wildman–Crippen MR) is 117 cm³/mol. The van der Waals surface area contributed by atoms with Crippen molar-refractivity contribution in [2.75, 3.05) is 25.9 Å². The monoisotopic (exact) mass is 411 g/mol. The van der Waals surface area contributed by atoms with Crippen LogP contribution in [-0.2, 0) is 9.84 Å². The summed E-state index contributed by atoms with van der Waals surface area (Å²) in [5.41, 5.74) is 3.20. The Morgan fingerprint density at radius 2 is 1.83 bits per heavy atom. The van der Waals surface area contributed by atoms with Crippen molar-refractivity contribution in [2.24, 2.45) is 0 Å². The molecule has 0 unspecified atom stereocenters. The van der Waals surface area contributed by atoms with E-state index in [0.717, 1.165) is 43.5 Å². The molecular weight excluding hydrogens is 382 g/mol. The van der Waals surface area contributed by atoms with E-state index in [-0.39, 0.29) is 0 Å². The van der Waals surface area contributed by atoms with Gasteiger partial charge in [0.2, 0.25) is 0 Å². The van der Waals surface area contributed by atoms with Crippen molar-refractivity contribution in [1.29, 1.82) is 0 Å². The average molecular weight is 412 g/mol. The van der Waals surface area contributed by atoms with Gasteiger partial charge in [-0.3, -0.25) is 0 Å². The maximum atomic E-state index is 11.8. The quantitative estimate of drug-likeness (QED) is 0.608. The van der Waals surface area contributed by atoms with Crippen molar-refractivity contribution >= 4 is 20.9 Å². The zero-order valence-corrected chi connectivity index (χ0v) is 18.0. The molecule has 1 aliphatic rings. The van der Waals surface area contributed by atoms with Crippen molar-refractivity contribution in [2.45, 2.75) is 43.0 Å². The number of aromatic nitrogens is 2. The highest BCUT2D eigenvalue weighted by atomic mass is 32.2. The van der Waals surface area contributed by atoms with Gasteiger partial charge in [0, 0.05) is 25.4 Å². The number of fused-ring (bicyclic) bond motifs is 1. The smallest absolute Gasteiger partial charge is 0.175 e. The van der Waals surface area contributed by atoms with E-state index in [2.05, 4.69) is 51.7 Å². The van der Waals surface area contributed by atoms with Gasteiger partial charge < -0.3 is 9.47 Å². The number of rotatable bonds is 6. The van der Waals surface area contributed by atoms with E-state index in [1.807, 2.05) is 12.4 Å². The summed E-state index contributed by atoms with van der Waals surface area (Å²) < 4.78 is 25.8. The predicted octanol–water partition coefficient (Wildman–Crippen LogP) is 4.27. The van der Waals surface area contributed by atoms with E-state index in [1.54, 1.807) is 12.1 Å². The number of sulfone groups is 1. The first-order chi connectivity index (χ1) is 13.9. The fourth-order valence-corrected chi connectivity index (χ4v) is 4.92. The summed E-state index contributed by atoms with van der Waals surface area (Å²) in [7, 11) is -3.21. The number of hydrogen-bond acceptors (Lipinski definition) is 4. The summed E-state index contributed by atoms with van der Waals surface area (Å²) in [5, 5.41) is 0. The first-order valence-corrected chi connectivity index (χ1v) is 12.2. The molecule has 2 heterocycles. The summed E-state index contributed by atoms with van der Waals surface area (Å²) in [6, 6.07) is 16.4. The van der Waals surface area contributed by atoms with Gasteiger partial charge in [-0.1, -0.05) is 37.3 Å². The van der Waals surface area contributed by atoms with Gasteiger partial charge in [-0.2, -0.15) is 0 Å². The highest BCUT2D eigenvalue weighted by Gasteiger charge is 2.22. The van der Waals surface area contributed by atoms with Gasteiger partial charge in [0.15, 0.2) is 9.84 Å². The molecule has 1 aromatic heterocycles. The molecule has 0 N–H and O–H groups in total. The minimum absolute atomic E-state index is 0.331. The summed E-state index contributed by atoms with van der Waals surface area (Å²) >= 11 is 0. The third-order valence-corrected chi connectivity index (χ3v) is 7.28. The van der Waals surface area contributed by atoms with E-state index in [0.29, 0.717) is 16.9 Å². The highest BCUT2D eigenvalue weighted by molar-refractivity contribution is 7.90. The number of benzene rings is 2. The van der Waals surface area contributed by atoms with Crippen LogP contribution in [0.4, 0.5) is 0 Å². The van der Waals surface area contributed by atoms with Crippen molar-refractivity contribution in [3.63, 3.8) is 0 Å². The molecule has 2 aromatic carbocycles. The Labute approximate surface area is 173 Å². The van der Waals surface area contributed by atoms with Gasteiger partial charge in [0.1, 0.15) is 0 Å². The van der Waals surface area contributed by atoms with Crippen molar-refractivity contribution in [3.8, 4) is 0 Å². The topological polar surface area (TPSA) is 55.2 Å². The summed E-state index contributed by atoms with van der Waals surface area (Å²) in [4.78, 5) is 7.36. The zero-order chi connectivity index (χ0) is 20.4. The molecule has 1 aliphatic heterocycles. The SMILES string of the molecule is C[C@@H](CCN1CCC(n2cnc3cc(S(C)(=O)=O)ccc32)CC1)c1ccccc1. The normalized spacial score (nSPS) is 17.6. The lowest BCUT2D eigenvalue weighted by atomic mass is 9.97. The van der Waals surface area contributed by atoms with Crippen LogP contribution in [0.3, 0.4) is 0 Å². The second kappa shape index (κ2) is 8.28. The molecule has 0 amide bonds. The zero-order valence-electron chi connectivity index (χ0n) is 17.2. The number of nitrogens with zero attached hydrogens (tertiary/aromatic N) is 3. The van der Waals surface area contributed by atoms with Crippen molar-refractivity contribution < 1.29 is 8.42 Å². The van der Waals surface area contributed by atoms with Crippen LogP contribution < -0.4 is 0 Å². The summed E-state index contributed by atoms with van der Waals surface area (Å²) in [6.45, 7) is 5.62. The lowest BCUT2D eigenvalue weighted by Gasteiger charge is -2.33. The van der Waals surface area contributed by atoms with Crippen LogP contribution in [0.25, 0.3) is 11.0 Å². The first-order valence-electron chi connectivity index (χ1n) is 10.4. The minimum atomic E-state index is -3.21. The highest BCUT2D eigenvalue weighted by Crippen LogP contribution is 2.28. The second-order valence-electron chi connectivity index (χ2n) is 8.25. The first kappa shape index (κ1) is 20.1. The molecule has 1 saturated heterocycles. The van der Waals surface area contributed by atoms with Gasteiger partial charge in [0.05, 0.1) is 22.3 Å². The van der Waals surface area contributed by atoms with Gasteiger partial charge in [-0.25, -0.2) is 13.4 Å². The van der Waals surface area contributed by atoms with E-state index in [1.165, 1.54) is 18.2 Å². The molecule has 0 aliphatic carbocycles. The van der Waals surface area contributed by atoms with E-state index in [4.69, 9.17) is 0 Å². The van der Waals surface area contributed by atoms with E-state index >= 15 is 0 Å². The molecule has 4 rings (SSSR count). The van der Waals surface area contributed by atoms with E-state index in [9.17, 15) is 8.42 Å². The maximum Gasteiger partial charge on any atom is 0.175 e. The number of piperidine rings is 1. The molecule has 0 saturated carbocycles. The van der Waals surface area contributed by atoms with Crippen LogP contribution in [0.5, 0.6) is 0 Å². The van der Waals surface area contributed by atoms with Gasteiger partial charge in [0.25, 0.3) is 0 Å². The molecule has 29 heavy (non-hydrogen) atoms. The molecule has 0 spiro atoms. The van der Waals surface area contributed by atoms with Crippen LogP contribution in [-0.4, -0.2) is 48.8 Å². The maximum absolute atomic E-state index is 11.8. The number of hydrogen-bond donors (Lipinski definition) is 0. The Morgan fingerprint density at radius 3 is 2.52 bits per heavy atom. The molecular formula is C23H29N3O2S. The fraction of sp³-hybridized carbons (Fsp3) is 0.435. The van der Waals surface area contributed by atoms with Crippen LogP contribution in [0.15, 0.2) is 59.8 Å². The Bertz CT molecular complexity index is 1070. The molecule has 0 radical (unpaired) electrons. The van der Waals surface area contributed by atoms with Crippen molar-refractivity contribution in [1.82, 2.24) is 14.5 Å². The Kier molecular flexibility index (Phi) is 5.74. The minimum Gasteiger partial charge on any atom is -0.327 e. The number of imidazole rings is 1. The largest absolute Gasteiger partial charge is 0.327 e. The Hall–Kier alpha value is -2.18. The third kappa shape index (κ3) is 4.54. The van der Waals surface area contributed by atoms with Gasteiger partial charge >= 0.3 is 0 Å². The fourth-order valence-electron chi connectivity index (χ4n) is 4.28. The summed E-state index contributed by atoms with van der Waals surface area (Å²) in [6.07, 6.45) is 6.48. The van der Waals surface area contributed by atoms with Gasteiger partial charge in [-0.15, -0.1) is 0 Å². The Balaban J connectivity index is 1.36. The second-order valence-corrected chi connectivity index (χ2v) is 10.3. The Morgan fingerprint density at radius 1 is 1.10 bits per heavy atom. The molecule has 1 fully saturated rings. The standard InChI is InChI=1S/C23H29N3O2S/c1-18(19-6-4-3-5-7-19)10-13-25-14-11-20(12-15-25)26-17-24-22-16-21(29(2,27)28)8-9-23(22)26/h3-9,16-18,20H,10-15H2,1-2H3/t18-/m0/s1. The van der Waals surface area contributed by atoms with E-state index < -0.39 is 9.84 Å². The molecule has 1 atom stereocenters. The molecule has 6 heteroatoms. The van der Waals surface area contributed by atoms with Crippen LogP contribution in [0.2, 0.25) is 0 Å². The summed E-state index contributed by atoms with van der Waals surface area (Å²) in [5.74, 6) is 0.579. The van der Waals surface area contributed by atoms with Crippen LogP contribution in [0.1, 0.15) is 43.7 Å². The average Bonchev–Trinajstić information content (AvgIpc) is 3.16.